The van der Waals surface area contributed by atoms with Gasteiger partial charge in [-0.15, -0.1) is 0 Å². The number of halogens is 1. The molecule has 1 N–H and O–H groups in total. The molecule has 0 bridgehead atoms. The fraction of sp³-hybridized carbons (Fsp3) is 0.286. The molecule has 0 radical (unpaired) electrons. The van der Waals surface area contributed by atoms with Crippen LogP contribution in [0.4, 0.5) is 10.0 Å². The Morgan fingerprint density at radius 2 is 1.44 bits per heavy atom. The lowest BCUT2D eigenvalue weighted by molar-refractivity contribution is -0.0917. The molecular formula is C42H43FN5O7PS. The molecule has 15 heteroatoms. The first kappa shape index (κ1) is 40.1. The number of anilines is 1. The van der Waals surface area contributed by atoms with E-state index in [4.69, 9.17) is 39.8 Å². The average molecular weight is 812 g/mol. The molecule has 1 unspecified atom stereocenters. The van der Waals surface area contributed by atoms with Crippen LogP contribution < -0.4 is 14.8 Å². The summed E-state index contributed by atoms with van der Waals surface area (Å²) in [4.78, 5) is 26.4. The van der Waals surface area contributed by atoms with Gasteiger partial charge in [0.25, 0.3) is 5.91 Å². The molecule has 1 fully saturated rings. The van der Waals surface area contributed by atoms with Gasteiger partial charge < -0.3 is 24.3 Å². The normalized spacial score (nSPS) is 18.2. The quantitative estimate of drug-likeness (QED) is 0.0838. The Morgan fingerprint density at radius 3 is 2.02 bits per heavy atom. The molecule has 12 nitrogen and oxygen atoms in total. The second-order valence-corrected chi connectivity index (χ2v) is 16.9. The number of imidazole rings is 1. The fourth-order valence-corrected chi connectivity index (χ4v) is 9.09. The van der Waals surface area contributed by atoms with Crippen LogP contribution in [0.3, 0.4) is 0 Å². The first-order chi connectivity index (χ1) is 27.4. The number of rotatable bonds is 14. The molecule has 4 aromatic carbocycles. The lowest BCUT2D eigenvalue weighted by Gasteiger charge is -2.37. The van der Waals surface area contributed by atoms with Crippen LogP contribution in [-0.4, -0.2) is 64.1 Å². The van der Waals surface area contributed by atoms with Gasteiger partial charge in [-0.3, -0.25) is 18.4 Å². The third-order valence-corrected chi connectivity index (χ3v) is 11.2. The SMILES string of the molecule is COc1ccc(C(OC[C@H]2O[C@@H](n3cnc4c(NC(=O)c5ccccc5)ncnc43)C[C@@H]2OP(F)(=S)OC(C)(C)C)(c2ccccc2)c2ccc(OC)cc2)cc1. The largest absolute Gasteiger partial charge is 0.497 e. The smallest absolute Gasteiger partial charge is 0.366 e. The van der Waals surface area contributed by atoms with E-state index in [-0.39, 0.29) is 24.8 Å². The molecule has 57 heavy (non-hydrogen) atoms. The Hall–Kier alpha value is -5.08. The zero-order chi connectivity index (χ0) is 40.2. The van der Waals surface area contributed by atoms with E-state index >= 15 is 4.20 Å². The van der Waals surface area contributed by atoms with Crippen LogP contribution in [-0.2, 0) is 35.9 Å². The van der Waals surface area contributed by atoms with Crippen LogP contribution in [0.2, 0.25) is 0 Å². The van der Waals surface area contributed by atoms with Gasteiger partial charge in [-0.25, -0.2) is 15.0 Å². The van der Waals surface area contributed by atoms with Gasteiger partial charge in [-0.05, 0) is 85.7 Å². The molecule has 0 spiro atoms. The molecule has 3 heterocycles. The lowest BCUT2D eigenvalue weighted by Crippen LogP contribution is -2.38. The first-order valence-electron chi connectivity index (χ1n) is 18.3. The van der Waals surface area contributed by atoms with E-state index in [1.54, 1.807) is 70.2 Å². The number of ether oxygens (including phenoxy) is 4. The summed E-state index contributed by atoms with van der Waals surface area (Å²) in [6, 6.07) is 33.9. The summed E-state index contributed by atoms with van der Waals surface area (Å²) in [5.74, 6) is 1.23. The van der Waals surface area contributed by atoms with E-state index in [9.17, 15) is 4.79 Å². The second kappa shape index (κ2) is 16.8. The number of benzene rings is 4. The lowest BCUT2D eigenvalue weighted by atomic mass is 9.80. The predicted octanol–water partition coefficient (Wildman–Crippen LogP) is 8.79. The summed E-state index contributed by atoms with van der Waals surface area (Å²) < 4.78 is 54.4. The van der Waals surface area contributed by atoms with E-state index in [1.165, 1.54) is 6.33 Å². The number of nitrogens with zero attached hydrogens (tertiary/aromatic N) is 4. The molecule has 0 saturated carbocycles. The number of nitrogens with one attached hydrogen (secondary N) is 1. The third-order valence-electron chi connectivity index (χ3n) is 9.40. The Balaban J connectivity index is 1.26. The molecule has 7 rings (SSSR count). The molecule has 1 aliphatic rings. The highest BCUT2D eigenvalue weighted by molar-refractivity contribution is 8.07. The zero-order valence-corrected chi connectivity index (χ0v) is 33.8. The van der Waals surface area contributed by atoms with Crippen molar-refractivity contribution in [2.45, 2.75) is 56.8 Å². The summed E-state index contributed by atoms with van der Waals surface area (Å²) in [5, 5.41) is 2.83. The Kier molecular flexibility index (Phi) is 11.8. The van der Waals surface area contributed by atoms with E-state index in [2.05, 4.69) is 20.3 Å². The third kappa shape index (κ3) is 8.91. The van der Waals surface area contributed by atoms with Gasteiger partial charge in [-0.2, -0.15) is 4.20 Å². The van der Waals surface area contributed by atoms with Crippen molar-refractivity contribution in [2.24, 2.45) is 0 Å². The monoisotopic (exact) mass is 811 g/mol. The molecule has 1 saturated heterocycles. The van der Waals surface area contributed by atoms with E-state index < -0.39 is 36.4 Å². The van der Waals surface area contributed by atoms with Crippen molar-refractivity contribution in [3.8, 4) is 11.5 Å². The van der Waals surface area contributed by atoms with Crippen LogP contribution in [0.1, 0.15) is 60.5 Å². The van der Waals surface area contributed by atoms with Crippen LogP contribution >= 0.6 is 6.80 Å². The topological polar surface area (TPSA) is 128 Å². The summed E-state index contributed by atoms with van der Waals surface area (Å²) in [6.45, 7) is 0.791. The minimum absolute atomic E-state index is 0.0705. The second-order valence-electron chi connectivity index (χ2n) is 14.3. The molecule has 2 aromatic heterocycles. The number of methoxy groups -OCH3 is 2. The number of aromatic nitrogens is 4. The van der Waals surface area contributed by atoms with Crippen molar-refractivity contribution in [1.29, 1.82) is 0 Å². The van der Waals surface area contributed by atoms with E-state index in [0.29, 0.717) is 28.2 Å². The Bertz CT molecular complexity index is 2300. The van der Waals surface area contributed by atoms with Crippen LogP contribution in [0.25, 0.3) is 11.2 Å². The van der Waals surface area contributed by atoms with Gasteiger partial charge in [0.05, 0.1) is 32.8 Å². The van der Waals surface area contributed by atoms with Crippen molar-refractivity contribution in [3.05, 3.63) is 144 Å². The van der Waals surface area contributed by atoms with Crippen molar-refractivity contribution in [2.75, 3.05) is 26.1 Å². The summed E-state index contributed by atoms with van der Waals surface area (Å²) in [6.07, 6.45) is 0.509. The molecule has 6 aromatic rings. The standard InChI is InChI=1S/C42H43FN5O7PS/c1-41(2,3)55-56(43,57)54-34-24-36(48-27-46-37-38(44-26-45-39(37)48)47-40(49)28-12-8-6-9-13-28)53-35(34)25-52-42(29-14-10-7-11-15-29,30-16-20-32(50-4)21-17-30)31-18-22-33(51-5)23-19-31/h6-23,26-27,34-36H,24-25H2,1-5H3,(H,44,45,47,49)/t34-,35+,36+,56?/m0/s1. The van der Waals surface area contributed by atoms with E-state index in [0.717, 1.165) is 16.7 Å². The average Bonchev–Trinajstić information content (AvgIpc) is 3.82. The fourth-order valence-electron chi connectivity index (χ4n) is 6.85. The maximum atomic E-state index is 16.1. The van der Waals surface area contributed by atoms with Gasteiger partial charge >= 0.3 is 6.80 Å². The van der Waals surface area contributed by atoms with Crippen molar-refractivity contribution >= 4 is 41.5 Å². The number of fused-ring (bicyclic) bond motifs is 1. The molecule has 4 atom stereocenters. The maximum absolute atomic E-state index is 16.1. The van der Waals surface area contributed by atoms with Crippen LogP contribution in [0, 0.1) is 0 Å². The maximum Gasteiger partial charge on any atom is 0.366 e. The number of carbonyl (C=O) groups is 1. The van der Waals surface area contributed by atoms with Crippen LogP contribution in [0.15, 0.2) is 122 Å². The zero-order valence-electron chi connectivity index (χ0n) is 32.1. The number of hydrogen-bond donors (Lipinski definition) is 1. The number of carbonyl (C=O) groups excluding carboxylic acids is 1. The van der Waals surface area contributed by atoms with Crippen molar-refractivity contribution < 1.29 is 37.0 Å². The van der Waals surface area contributed by atoms with Gasteiger partial charge in [0.1, 0.15) is 41.9 Å². The summed E-state index contributed by atoms with van der Waals surface area (Å²) in [7, 11) is 3.22. The van der Waals surface area contributed by atoms with E-state index in [1.807, 2.05) is 84.9 Å². The number of hydrogen-bond acceptors (Lipinski definition) is 11. The summed E-state index contributed by atoms with van der Waals surface area (Å²) >= 11 is 5.33. The van der Waals surface area contributed by atoms with Gasteiger partial charge in [0.15, 0.2) is 17.0 Å². The highest BCUT2D eigenvalue weighted by Crippen LogP contribution is 2.56. The highest BCUT2D eigenvalue weighted by Gasteiger charge is 2.45. The predicted molar refractivity (Wildman–Crippen MR) is 218 cm³/mol. The highest BCUT2D eigenvalue weighted by atomic mass is 32.5. The molecule has 1 amide bonds. The molecule has 296 valence electrons. The van der Waals surface area contributed by atoms with Crippen molar-refractivity contribution in [1.82, 2.24) is 19.5 Å². The van der Waals surface area contributed by atoms with Gasteiger partial charge in [0, 0.05) is 12.0 Å². The molecular weight excluding hydrogens is 769 g/mol. The van der Waals surface area contributed by atoms with Crippen LogP contribution in [0.5, 0.6) is 11.5 Å². The molecule has 0 aliphatic carbocycles. The van der Waals surface area contributed by atoms with Gasteiger partial charge in [0.2, 0.25) is 0 Å². The number of amides is 1. The van der Waals surface area contributed by atoms with Gasteiger partial charge in [-0.1, -0.05) is 72.8 Å². The van der Waals surface area contributed by atoms with Crippen molar-refractivity contribution in [3.63, 3.8) is 0 Å². The minimum Gasteiger partial charge on any atom is -0.497 e. The Labute approximate surface area is 335 Å². The first-order valence-corrected chi connectivity index (χ1v) is 20.8. The molecule has 1 aliphatic heterocycles. The minimum atomic E-state index is -4.29. The summed E-state index contributed by atoms with van der Waals surface area (Å²) in [5.41, 5.74) is 1.54. The Morgan fingerprint density at radius 1 is 0.860 bits per heavy atom.